The van der Waals surface area contributed by atoms with Crippen LogP contribution in [-0.4, -0.2) is 54.7 Å². The smallest absolute Gasteiger partial charge is 0.0916 e. The molecule has 20 heavy (non-hydrogen) atoms. The fourth-order valence-electron chi connectivity index (χ4n) is 3.09. The minimum absolute atomic E-state index is 0.321. The van der Waals surface area contributed by atoms with Gasteiger partial charge in [-0.2, -0.15) is 0 Å². The Morgan fingerprint density at radius 3 is 2.20 bits per heavy atom. The van der Waals surface area contributed by atoms with Gasteiger partial charge in [0, 0.05) is 18.6 Å². The monoisotopic (exact) mass is 276 g/mol. The van der Waals surface area contributed by atoms with E-state index >= 15 is 0 Å². The Balaban J connectivity index is 1.90. The summed E-state index contributed by atoms with van der Waals surface area (Å²) in [4.78, 5) is 4.62. The lowest BCUT2D eigenvalue weighted by Crippen LogP contribution is -2.57. The van der Waals surface area contributed by atoms with Crippen molar-refractivity contribution >= 4 is 0 Å². The molecular weight excluding hydrogens is 248 g/mol. The van der Waals surface area contributed by atoms with Crippen LogP contribution < -0.4 is 0 Å². The van der Waals surface area contributed by atoms with Crippen LogP contribution in [0.5, 0.6) is 0 Å². The van der Waals surface area contributed by atoms with Crippen molar-refractivity contribution in [1.29, 1.82) is 0 Å². The molecule has 3 heteroatoms. The van der Waals surface area contributed by atoms with Crippen LogP contribution >= 0.6 is 0 Å². The number of hydrogen-bond acceptors (Lipinski definition) is 3. The molecule has 1 aliphatic rings. The van der Waals surface area contributed by atoms with Crippen molar-refractivity contribution in [3.05, 3.63) is 35.4 Å². The molecule has 0 bridgehead atoms. The molecule has 112 valence electrons. The van der Waals surface area contributed by atoms with Gasteiger partial charge < -0.3 is 14.9 Å². The Morgan fingerprint density at radius 2 is 1.75 bits per heavy atom. The van der Waals surface area contributed by atoms with Gasteiger partial charge in [0.2, 0.25) is 0 Å². The molecule has 1 saturated carbocycles. The molecule has 1 N–H and O–H groups in total. The summed E-state index contributed by atoms with van der Waals surface area (Å²) in [5, 5.41) is 10.4. The van der Waals surface area contributed by atoms with Gasteiger partial charge in [0.1, 0.15) is 0 Å². The van der Waals surface area contributed by atoms with Crippen molar-refractivity contribution < 1.29 is 5.11 Å². The third-order valence-electron chi connectivity index (χ3n) is 4.74. The molecule has 1 unspecified atom stereocenters. The number of aliphatic hydroxyl groups excluding tert-OH is 1. The standard InChI is InChI=1S/C17H28N2O/c1-14-6-8-15(9-7-14)16(20)12-19(4)13-17(18(2)3)10-5-11-17/h6-9,16,20H,5,10-13H2,1-4H3. The normalized spacial score (nSPS) is 19.1. The van der Waals surface area contributed by atoms with Gasteiger partial charge in [0.25, 0.3) is 0 Å². The second kappa shape index (κ2) is 6.25. The Kier molecular flexibility index (Phi) is 4.84. The minimum atomic E-state index is -0.403. The van der Waals surface area contributed by atoms with Crippen molar-refractivity contribution in [3.63, 3.8) is 0 Å². The van der Waals surface area contributed by atoms with Crippen LogP contribution in [0.3, 0.4) is 0 Å². The molecule has 0 aromatic heterocycles. The van der Waals surface area contributed by atoms with E-state index in [0.29, 0.717) is 12.1 Å². The summed E-state index contributed by atoms with van der Waals surface area (Å²) in [5.41, 5.74) is 2.56. The van der Waals surface area contributed by atoms with Gasteiger partial charge in [-0.1, -0.05) is 29.8 Å². The zero-order chi connectivity index (χ0) is 14.8. The maximum atomic E-state index is 10.4. The van der Waals surface area contributed by atoms with Crippen LogP contribution in [0, 0.1) is 6.92 Å². The van der Waals surface area contributed by atoms with E-state index in [1.165, 1.54) is 24.8 Å². The Bertz CT molecular complexity index is 423. The second-order valence-electron chi connectivity index (χ2n) is 6.60. The lowest BCUT2D eigenvalue weighted by molar-refractivity contribution is 0.0147. The summed E-state index contributed by atoms with van der Waals surface area (Å²) >= 11 is 0. The summed E-state index contributed by atoms with van der Waals surface area (Å²) in [6.07, 6.45) is 3.46. The van der Waals surface area contributed by atoms with Crippen LogP contribution in [0.4, 0.5) is 0 Å². The Hall–Kier alpha value is -0.900. The summed E-state index contributed by atoms with van der Waals surface area (Å²) in [7, 11) is 6.45. The predicted octanol–water partition coefficient (Wildman–Crippen LogP) is 2.44. The molecule has 1 aliphatic carbocycles. The average Bonchev–Trinajstić information content (AvgIpc) is 2.34. The van der Waals surface area contributed by atoms with Crippen molar-refractivity contribution in [1.82, 2.24) is 9.80 Å². The first kappa shape index (κ1) is 15.5. The minimum Gasteiger partial charge on any atom is -0.387 e. The van der Waals surface area contributed by atoms with E-state index in [0.717, 1.165) is 12.1 Å². The van der Waals surface area contributed by atoms with Crippen molar-refractivity contribution in [2.24, 2.45) is 0 Å². The van der Waals surface area contributed by atoms with Crippen molar-refractivity contribution in [2.75, 3.05) is 34.2 Å². The van der Waals surface area contributed by atoms with Gasteiger partial charge in [-0.15, -0.1) is 0 Å². The molecule has 1 aromatic carbocycles. The first-order valence-corrected chi connectivity index (χ1v) is 7.53. The maximum absolute atomic E-state index is 10.4. The van der Waals surface area contributed by atoms with E-state index in [9.17, 15) is 5.11 Å². The highest BCUT2D eigenvalue weighted by Crippen LogP contribution is 2.36. The van der Waals surface area contributed by atoms with Gasteiger partial charge in [0.05, 0.1) is 6.10 Å². The van der Waals surface area contributed by atoms with E-state index in [2.05, 4.69) is 50.0 Å². The SMILES string of the molecule is Cc1ccc(C(O)CN(C)CC2(N(C)C)CCC2)cc1. The topological polar surface area (TPSA) is 26.7 Å². The van der Waals surface area contributed by atoms with E-state index in [-0.39, 0.29) is 0 Å². The van der Waals surface area contributed by atoms with Gasteiger partial charge in [-0.3, -0.25) is 0 Å². The van der Waals surface area contributed by atoms with Gasteiger partial charge in [-0.05, 0) is 52.9 Å². The van der Waals surface area contributed by atoms with Crippen LogP contribution in [-0.2, 0) is 0 Å². The van der Waals surface area contributed by atoms with E-state index in [4.69, 9.17) is 0 Å². The first-order chi connectivity index (χ1) is 9.43. The Labute approximate surface area is 123 Å². The molecule has 3 nitrogen and oxygen atoms in total. The fraction of sp³-hybridized carbons (Fsp3) is 0.647. The molecule has 0 radical (unpaired) electrons. The van der Waals surface area contributed by atoms with Crippen LogP contribution in [0.2, 0.25) is 0 Å². The van der Waals surface area contributed by atoms with Crippen LogP contribution in [0.25, 0.3) is 0 Å². The Morgan fingerprint density at radius 1 is 1.15 bits per heavy atom. The third kappa shape index (κ3) is 3.40. The van der Waals surface area contributed by atoms with Crippen molar-refractivity contribution in [2.45, 2.75) is 37.8 Å². The van der Waals surface area contributed by atoms with Crippen LogP contribution in [0.1, 0.15) is 36.5 Å². The van der Waals surface area contributed by atoms with E-state index in [1.54, 1.807) is 0 Å². The molecular formula is C17H28N2O. The summed E-state index contributed by atoms with van der Waals surface area (Å²) in [5.74, 6) is 0. The number of nitrogens with zero attached hydrogens (tertiary/aromatic N) is 2. The molecule has 2 rings (SSSR count). The van der Waals surface area contributed by atoms with Crippen LogP contribution in [0.15, 0.2) is 24.3 Å². The average molecular weight is 276 g/mol. The molecule has 0 heterocycles. The molecule has 0 amide bonds. The highest BCUT2D eigenvalue weighted by Gasteiger charge is 2.39. The summed E-state index contributed by atoms with van der Waals surface area (Å²) in [6, 6.07) is 8.18. The maximum Gasteiger partial charge on any atom is 0.0916 e. The third-order valence-corrected chi connectivity index (χ3v) is 4.74. The number of hydrogen-bond donors (Lipinski definition) is 1. The van der Waals surface area contributed by atoms with Crippen molar-refractivity contribution in [3.8, 4) is 0 Å². The molecule has 1 fully saturated rings. The molecule has 1 atom stereocenters. The highest BCUT2D eigenvalue weighted by molar-refractivity contribution is 5.23. The number of aryl methyl sites for hydroxylation is 1. The zero-order valence-electron chi connectivity index (χ0n) is 13.3. The fourth-order valence-corrected chi connectivity index (χ4v) is 3.09. The number of aliphatic hydroxyl groups is 1. The number of likely N-dealkylation sites (N-methyl/N-ethyl adjacent to an activating group) is 2. The number of rotatable bonds is 6. The largest absolute Gasteiger partial charge is 0.387 e. The first-order valence-electron chi connectivity index (χ1n) is 7.53. The summed E-state index contributed by atoms with van der Waals surface area (Å²) < 4.78 is 0. The second-order valence-corrected chi connectivity index (χ2v) is 6.60. The lowest BCUT2D eigenvalue weighted by Gasteiger charge is -2.49. The molecule has 1 aromatic rings. The van der Waals surface area contributed by atoms with E-state index in [1.807, 2.05) is 12.1 Å². The quantitative estimate of drug-likeness (QED) is 0.864. The predicted molar refractivity (Wildman–Crippen MR) is 83.9 cm³/mol. The number of benzene rings is 1. The summed E-state index contributed by atoms with van der Waals surface area (Å²) in [6.45, 7) is 3.79. The van der Waals surface area contributed by atoms with E-state index < -0.39 is 6.10 Å². The zero-order valence-corrected chi connectivity index (χ0v) is 13.3. The molecule has 0 aliphatic heterocycles. The molecule has 0 spiro atoms. The van der Waals surface area contributed by atoms with Gasteiger partial charge in [-0.25, -0.2) is 0 Å². The van der Waals surface area contributed by atoms with Gasteiger partial charge in [0.15, 0.2) is 0 Å². The molecule has 0 saturated heterocycles. The lowest BCUT2D eigenvalue weighted by atomic mass is 9.75. The highest BCUT2D eigenvalue weighted by atomic mass is 16.3. The van der Waals surface area contributed by atoms with Gasteiger partial charge >= 0.3 is 0 Å².